The molecule has 0 heterocycles. The van der Waals surface area contributed by atoms with Crippen molar-refractivity contribution in [3.63, 3.8) is 0 Å². The summed E-state index contributed by atoms with van der Waals surface area (Å²) in [4.78, 5) is 2.37. The first-order chi connectivity index (χ1) is 16.3. The van der Waals surface area contributed by atoms with Crippen LogP contribution in [-0.2, 0) is 19.5 Å². The highest BCUT2D eigenvalue weighted by Gasteiger charge is 2.24. The minimum Gasteiger partial charge on any atom is -0.391 e. The Morgan fingerprint density at radius 1 is 0.576 bits per heavy atom. The third kappa shape index (κ3) is 7.01. The van der Waals surface area contributed by atoms with E-state index in [-0.39, 0.29) is 6.04 Å². The van der Waals surface area contributed by atoms with E-state index in [1.54, 1.807) is 0 Å². The van der Waals surface area contributed by atoms with Crippen molar-refractivity contribution in [2.45, 2.75) is 31.7 Å². The smallest absolute Gasteiger partial charge is 0.0771 e. The van der Waals surface area contributed by atoms with Crippen LogP contribution in [0.3, 0.4) is 0 Å². The van der Waals surface area contributed by atoms with E-state index in [2.05, 4.69) is 89.8 Å². The summed E-state index contributed by atoms with van der Waals surface area (Å²) in [6.07, 6.45) is 4.35. The predicted octanol–water partition coefficient (Wildman–Crippen LogP) is 6.37. The first kappa shape index (κ1) is 22.7. The fourth-order valence-electron chi connectivity index (χ4n) is 4.15. The van der Waals surface area contributed by atoms with Gasteiger partial charge in [0.05, 0.1) is 12.1 Å². The molecule has 0 aliphatic carbocycles. The Morgan fingerprint density at radius 2 is 1.00 bits per heavy atom. The first-order valence-corrected chi connectivity index (χ1v) is 11.5. The molecule has 0 bridgehead atoms. The lowest BCUT2D eigenvalue weighted by Crippen LogP contribution is -2.42. The second kappa shape index (κ2) is 12.0. The molecule has 2 atom stereocenters. The highest BCUT2D eigenvalue weighted by atomic mass is 16.3. The van der Waals surface area contributed by atoms with Gasteiger partial charge in [0.1, 0.15) is 0 Å². The van der Waals surface area contributed by atoms with Gasteiger partial charge in [0.25, 0.3) is 0 Å². The number of benzene rings is 4. The van der Waals surface area contributed by atoms with E-state index in [9.17, 15) is 5.11 Å². The molecule has 4 rings (SSSR count). The summed E-state index contributed by atoms with van der Waals surface area (Å²) >= 11 is 0. The molecular weight excluding hydrogens is 402 g/mol. The van der Waals surface area contributed by atoms with Crippen LogP contribution in [0, 0.1) is 0 Å². The zero-order chi connectivity index (χ0) is 22.7. The summed E-state index contributed by atoms with van der Waals surface area (Å²) in [6, 6.07) is 41.4. The summed E-state index contributed by atoms with van der Waals surface area (Å²) in [6.45, 7) is 1.51. The van der Waals surface area contributed by atoms with Crippen LogP contribution in [0.25, 0.3) is 6.08 Å². The van der Waals surface area contributed by atoms with Crippen molar-refractivity contribution in [3.05, 3.63) is 150 Å². The van der Waals surface area contributed by atoms with E-state index in [0.29, 0.717) is 6.42 Å². The van der Waals surface area contributed by atoms with Gasteiger partial charge < -0.3 is 5.11 Å². The molecule has 0 saturated heterocycles. The Kier molecular flexibility index (Phi) is 8.24. The summed E-state index contributed by atoms with van der Waals surface area (Å²) in [5.41, 5.74) is 4.74. The zero-order valence-electron chi connectivity index (χ0n) is 18.9. The molecule has 4 aromatic rings. The van der Waals surface area contributed by atoms with Crippen molar-refractivity contribution in [3.8, 4) is 0 Å². The quantitative estimate of drug-likeness (QED) is 0.314. The van der Waals surface area contributed by atoms with Crippen molar-refractivity contribution in [2.75, 3.05) is 0 Å². The molecule has 166 valence electrons. The molecule has 0 fully saturated rings. The minimum absolute atomic E-state index is 0.147. The molecule has 0 aromatic heterocycles. The highest BCUT2D eigenvalue weighted by Crippen LogP contribution is 2.20. The van der Waals surface area contributed by atoms with Gasteiger partial charge in [0.15, 0.2) is 0 Å². The third-order valence-corrected chi connectivity index (χ3v) is 5.85. The molecule has 0 amide bonds. The maximum atomic E-state index is 11.5. The van der Waals surface area contributed by atoms with Crippen LogP contribution in [0.1, 0.15) is 22.3 Å². The van der Waals surface area contributed by atoms with Crippen LogP contribution in [0.15, 0.2) is 127 Å². The fraction of sp³-hybridized carbons (Fsp3) is 0.161. The van der Waals surface area contributed by atoms with E-state index >= 15 is 0 Å². The van der Waals surface area contributed by atoms with Crippen molar-refractivity contribution in [1.82, 2.24) is 4.90 Å². The molecule has 33 heavy (non-hydrogen) atoms. The van der Waals surface area contributed by atoms with Crippen molar-refractivity contribution in [1.29, 1.82) is 0 Å². The Morgan fingerprint density at radius 3 is 1.48 bits per heavy atom. The SMILES string of the molecule is O[C@@H](Cc1ccccc1)[C@@H](/C=C/c1ccccc1)N(Cc1ccccc1)Cc1ccccc1. The highest BCUT2D eigenvalue weighted by molar-refractivity contribution is 5.49. The average molecular weight is 434 g/mol. The van der Waals surface area contributed by atoms with E-state index in [1.165, 1.54) is 11.1 Å². The molecule has 1 N–H and O–H groups in total. The molecule has 0 aliphatic heterocycles. The standard InChI is InChI=1S/C31H31NO/c33-31(23-27-15-7-2-8-16-27)30(22-21-26-13-5-1-6-14-26)32(24-28-17-9-3-10-18-28)25-29-19-11-4-12-20-29/h1-22,30-31,33H,23-25H2/b22-21+/t30-,31+/m1/s1. The number of aliphatic hydroxyl groups is 1. The maximum absolute atomic E-state index is 11.5. The minimum atomic E-state index is -0.542. The number of rotatable bonds is 10. The normalized spacial score (nSPS) is 13.3. The third-order valence-electron chi connectivity index (χ3n) is 5.85. The van der Waals surface area contributed by atoms with Crippen LogP contribution >= 0.6 is 0 Å². The summed E-state index contributed by atoms with van der Waals surface area (Å²) in [5, 5.41) is 11.5. The van der Waals surface area contributed by atoms with Crippen LogP contribution in [-0.4, -0.2) is 22.2 Å². The van der Waals surface area contributed by atoms with E-state index in [0.717, 1.165) is 24.2 Å². The molecule has 0 unspecified atom stereocenters. The van der Waals surface area contributed by atoms with E-state index in [1.807, 2.05) is 48.5 Å². The van der Waals surface area contributed by atoms with Crippen LogP contribution in [0.2, 0.25) is 0 Å². The largest absolute Gasteiger partial charge is 0.391 e. The summed E-state index contributed by atoms with van der Waals surface area (Å²) < 4.78 is 0. The van der Waals surface area contributed by atoms with E-state index < -0.39 is 6.10 Å². The van der Waals surface area contributed by atoms with Gasteiger partial charge in [0.2, 0.25) is 0 Å². The summed E-state index contributed by atoms with van der Waals surface area (Å²) in [5.74, 6) is 0. The number of aliphatic hydroxyl groups excluding tert-OH is 1. The van der Waals surface area contributed by atoms with Gasteiger partial charge in [-0.2, -0.15) is 0 Å². The monoisotopic (exact) mass is 433 g/mol. The van der Waals surface area contributed by atoms with E-state index in [4.69, 9.17) is 0 Å². The lowest BCUT2D eigenvalue weighted by molar-refractivity contribution is 0.0649. The number of hydrogen-bond acceptors (Lipinski definition) is 2. The van der Waals surface area contributed by atoms with Crippen molar-refractivity contribution in [2.24, 2.45) is 0 Å². The van der Waals surface area contributed by atoms with Crippen LogP contribution in [0.5, 0.6) is 0 Å². The van der Waals surface area contributed by atoms with Gasteiger partial charge in [-0.3, -0.25) is 4.90 Å². The van der Waals surface area contributed by atoms with Crippen LogP contribution < -0.4 is 0 Å². The van der Waals surface area contributed by atoms with Gasteiger partial charge in [-0.25, -0.2) is 0 Å². The molecule has 2 nitrogen and oxygen atoms in total. The number of hydrogen-bond donors (Lipinski definition) is 1. The van der Waals surface area contributed by atoms with Gasteiger partial charge in [-0.15, -0.1) is 0 Å². The second-order valence-corrected chi connectivity index (χ2v) is 8.39. The van der Waals surface area contributed by atoms with Crippen molar-refractivity contribution < 1.29 is 5.11 Å². The summed E-state index contributed by atoms with van der Waals surface area (Å²) in [7, 11) is 0. The van der Waals surface area contributed by atoms with Crippen molar-refractivity contribution >= 4 is 6.08 Å². The molecule has 0 radical (unpaired) electrons. The lowest BCUT2D eigenvalue weighted by Gasteiger charge is -2.33. The molecule has 4 aromatic carbocycles. The average Bonchev–Trinajstić information content (AvgIpc) is 2.86. The Balaban J connectivity index is 1.66. The predicted molar refractivity (Wildman–Crippen MR) is 138 cm³/mol. The fourth-order valence-corrected chi connectivity index (χ4v) is 4.15. The molecular formula is C31H31NO. The maximum Gasteiger partial charge on any atom is 0.0771 e. The topological polar surface area (TPSA) is 23.5 Å². The van der Waals surface area contributed by atoms with Gasteiger partial charge >= 0.3 is 0 Å². The molecule has 0 spiro atoms. The van der Waals surface area contributed by atoms with Crippen LogP contribution in [0.4, 0.5) is 0 Å². The Bertz CT molecular complexity index is 1050. The molecule has 0 aliphatic rings. The number of nitrogens with zero attached hydrogens (tertiary/aromatic N) is 1. The Hall–Kier alpha value is -3.46. The zero-order valence-corrected chi connectivity index (χ0v) is 18.9. The molecule has 0 saturated carbocycles. The van der Waals surface area contributed by atoms with Gasteiger partial charge in [-0.1, -0.05) is 133 Å². The molecule has 2 heteroatoms. The second-order valence-electron chi connectivity index (χ2n) is 8.39. The van der Waals surface area contributed by atoms with Gasteiger partial charge in [0, 0.05) is 19.5 Å². The lowest BCUT2D eigenvalue weighted by atomic mass is 9.98. The van der Waals surface area contributed by atoms with Gasteiger partial charge in [-0.05, 0) is 22.3 Å². The Labute approximate surface area is 197 Å². The first-order valence-electron chi connectivity index (χ1n) is 11.5.